The number of nitrogens with one attached hydrogen (secondary N) is 2. The number of amides is 2. The first-order valence-corrected chi connectivity index (χ1v) is 7.45. The van der Waals surface area contributed by atoms with Crippen molar-refractivity contribution in [2.45, 2.75) is 59.9 Å². The third-order valence-corrected chi connectivity index (χ3v) is 2.83. The fraction of sp³-hybridized carbons (Fsp3) is 0.867. The van der Waals surface area contributed by atoms with Crippen LogP contribution >= 0.6 is 0 Å². The van der Waals surface area contributed by atoms with Crippen LogP contribution in [0.1, 0.15) is 53.9 Å². The Morgan fingerprint density at radius 2 is 1.75 bits per heavy atom. The van der Waals surface area contributed by atoms with E-state index in [4.69, 9.17) is 4.74 Å². The molecule has 0 aromatic rings. The predicted octanol–water partition coefficient (Wildman–Crippen LogP) is 1.86. The van der Waals surface area contributed by atoms with E-state index in [0.717, 1.165) is 25.9 Å². The van der Waals surface area contributed by atoms with E-state index in [-0.39, 0.29) is 11.8 Å². The van der Waals surface area contributed by atoms with Gasteiger partial charge in [-0.15, -0.1) is 0 Å². The van der Waals surface area contributed by atoms with Crippen molar-refractivity contribution >= 4 is 11.8 Å². The minimum absolute atomic E-state index is 0.122. The Labute approximate surface area is 122 Å². The van der Waals surface area contributed by atoms with E-state index in [1.165, 1.54) is 0 Å². The van der Waals surface area contributed by atoms with Crippen LogP contribution < -0.4 is 10.6 Å². The van der Waals surface area contributed by atoms with E-state index < -0.39 is 11.5 Å². The molecule has 0 rings (SSSR count). The minimum Gasteiger partial charge on any atom is -0.381 e. The summed E-state index contributed by atoms with van der Waals surface area (Å²) in [4.78, 5) is 23.5. The summed E-state index contributed by atoms with van der Waals surface area (Å²) in [7, 11) is 0. The van der Waals surface area contributed by atoms with Gasteiger partial charge >= 0.3 is 0 Å². The molecular formula is C15H30N2O3. The van der Waals surface area contributed by atoms with Crippen LogP contribution in [0, 0.1) is 5.41 Å². The maximum absolute atomic E-state index is 11.8. The molecule has 0 radical (unpaired) electrons. The van der Waals surface area contributed by atoms with Gasteiger partial charge in [0.2, 0.25) is 11.8 Å². The molecule has 0 heterocycles. The minimum atomic E-state index is -0.511. The topological polar surface area (TPSA) is 67.4 Å². The highest BCUT2D eigenvalue weighted by atomic mass is 16.5. The lowest BCUT2D eigenvalue weighted by Crippen LogP contribution is -2.48. The molecule has 0 aromatic heterocycles. The van der Waals surface area contributed by atoms with Crippen molar-refractivity contribution in [3.63, 3.8) is 0 Å². The van der Waals surface area contributed by atoms with Gasteiger partial charge in [-0.1, -0.05) is 34.1 Å². The zero-order valence-corrected chi connectivity index (χ0v) is 13.5. The third kappa shape index (κ3) is 8.91. The SMILES string of the molecule is CCCCOCCCNC(=O)C(C)NC(=O)C(C)(C)C. The van der Waals surface area contributed by atoms with Crippen LogP contribution in [0.2, 0.25) is 0 Å². The highest BCUT2D eigenvalue weighted by Gasteiger charge is 2.24. The summed E-state index contributed by atoms with van der Waals surface area (Å²) in [6.45, 7) is 11.3. The average Bonchev–Trinajstić information content (AvgIpc) is 2.36. The molecule has 20 heavy (non-hydrogen) atoms. The molecule has 2 N–H and O–H groups in total. The van der Waals surface area contributed by atoms with Gasteiger partial charge in [-0.3, -0.25) is 9.59 Å². The summed E-state index contributed by atoms with van der Waals surface area (Å²) in [6.07, 6.45) is 2.99. The number of hydrogen-bond acceptors (Lipinski definition) is 3. The quantitative estimate of drug-likeness (QED) is 0.636. The normalized spacial score (nSPS) is 12.8. The lowest BCUT2D eigenvalue weighted by molar-refractivity contribution is -0.133. The standard InChI is InChI=1S/C15H30N2O3/c1-6-7-10-20-11-8-9-16-13(18)12(2)17-14(19)15(3,4)5/h12H,6-11H2,1-5H3,(H,16,18)(H,17,19). The second kappa shape index (κ2) is 9.75. The first-order chi connectivity index (χ1) is 9.29. The Morgan fingerprint density at radius 3 is 2.30 bits per heavy atom. The third-order valence-electron chi connectivity index (χ3n) is 2.83. The lowest BCUT2D eigenvalue weighted by Gasteiger charge is -2.21. The van der Waals surface area contributed by atoms with Crippen molar-refractivity contribution in [1.82, 2.24) is 10.6 Å². The van der Waals surface area contributed by atoms with Crippen LogP contribution in [0.3, 0.4) is 0 Å². The van der Waals surface area contributed by atoms with Gasteiger partial charge < -0.3 is 15.4 Å². The predicted molar refractivity (Wildman–Crippen MR) is 80.4 cm³/mol. The van der Waals surface area contributed by atoms with Gasteiger partial charge in [0.1, 0.15) is 6.04 Å². The Hall–Kier alpha value is -1.10. The van der Waals surface area contributed by atoms with Crippen molar-refractivity contribution in [3.05, 3.63) is 0 Å². The average molecular weight is 286 g/mol. The molecule has 0 aliphatic heterocycles. The van der Waals surface area contributed by atoms with Gasteiger partial charge in [-0.05, 0) is 19.8 Å². The zero-order chi connectivity index (χ0) is 15.6. The van der Waals surface area contributed by atoms with E-state index in [9.17, 15) is 9.59 Å². The summed E-state index contributed by atoms with van der Waals surface area (Å²) in [6, 6.07) is -0.511. The molecule has 0 aliphatic rings. The highest BCUT2D eigenvalue weighted by Crippen LogP contribution is 2.12. The molecule has 118 valence electrons. The fourth-order valence-corrected chi connectivity index (χ4v) is 1.37. The van der Waals surface area contributed by atoms with Gasteiger partial charge in [-0.25, -0.2) is 0 Å². The Balaban J connectivity index is 3.73. The summed E-state index contributed by atoms with van der Waals surface area (Å²) >= 11 is 0. The smallest absolute Gasteiger partial charge is 0.242 e. The molecule has 0 spiro atoms. The number of unbranched alkanes of at least 4 members (excludes halogenated alkanes) is 1. The zero-order valence-electron chi connectivity index (χ0n) is 13.5. The van der Waals surface area contributed by atoms with Crippen molar-refractivity contribution in [1.29, 1.82) is 0 Å². The molecule has 5 nitrogen and oxygen atoms in total. The highest BCUT2D eigenvalue weighted by molar-refractivity contribution is 5.89. The fourth-order valence-electron chi connectivity index (χ4n) is 1.37. The number of hydrogen-bond donors (Lipinski definition) is 2. The van der Waals surface area contributed by atoms with Gasteiger partial charge in [-0.2, -0.15) is 0 Å². The summed E-state index contributed by atoms with van der Waals surface area (Å²) in [5.41, 5.74) is -0.484. The largest absolute Gasteiger partial charge is 0.381 e. The maximum atomic E-state index is 11.8. The first kappa shape index (κ1) is 18.9. The molecule has 0 fully saturated rings. The Kier molecular flexibility index (Phi) is 9.21. The van der Waals surface area contributed by atoms with Crippen LogP contribution in [0.4, 0.5) is 0 Å². The van der Waals surface area contributed by atoms with Crippen molar-refractivity contribution < 1.29 is 14.3 Å². The van der Waals surface area contributed by atoms with Crippen molar-refractivity contribution in [2.24, 2.45) is 5.41 Å². The molecule has 2 amide bonds. The summed E-state index contributed by atoms with van der Waals surface area (Å²) in [5, 5.41) is 5.50. The van der Waals surface area contributed by atoms with Crippen molar-refractivity contribution in [3.8, 4) is 0 Å². The molecule has 0 bridgehead atoms. The molecule has 0 aromatic carbocycles. The van der Waals surface area contributed by atoms with Crippen LogP contribution in [0.5, 0.6) is 0 Å². The number of rotatable bonds is 9. The summed E-state index contributed by atoms with van der Waals surface area (Å²) in [5.74, 6) is -0.279. The van der Waals surface area contributed by atoms with Crippen LogP contribution in [0.15, 0.2) is 0 Å². The lowest BCUT2D eigenvalue weighted by atomic mass is 9.95. The first-order valence-electron chi connectivity index (χ1n) is 7.45. The Bertz CT molecular complexity index is 298. The second-order valence-corrected chi connectivity index (χ2v) is 6.06. The molecule has 0 saturated carbocycles. The van der Waals surface area contributed by atoms with Crippen LogP contribution in [-0.4, -0.2) is 37.6 Å². The number of carbonyl (C=O) groups excluding carboxylic acids is 2. The maximum Gasteiger partial charge on any atom is 0.242 e. The van der Waals surface area contributed by atoms with Gasteiger partial charge in [0.15, 0.2) is 0 Å². The van der Waals surface area contributed by atoms with E-state index in [0.29, 0.717) is 13.2 Å². The number of carbonyl (C=O) groups is 2. The summed E-state index contributed by atoms with van der Waals surface area (Å²) < 4.78 is 5.40. The van der Waals surface area contributed by atoms with E-state index in [2.05, 4.69) is 17.6 Å². The van der Waals surface area contributed by atoms with Crippen LogP contribution in [0.25, 0.3) is 0 Å². The van der Waals surface area contributed by atoms with Gasteiger partial charge in [0, 0.05) is 25.2 Å². The molecule has 1 atom stereocenters. The van der Waals surface area contributed by atoms with Crippen LogP contribution in [-0.2, 0) is 14.3 Å². The Morgan fingerprint density at radius 1 is 1.15 bits per heavy atom. The molecule has 5 heteroatoms. The molecular weight excluding hydrogens is 256 g/mol. The monoisotopic (exact) mass is 286 g/mol. The van der Waals surface area contributed by atoms with E-state index in [1.54, 1.807) is 6.92 Å². The second-order valence-electron chi connectivity index (χ2n) is 6.06. The van der Waals surface area contributed by atoms with Gasteiger partial charge in [0.25, 0.3) is 0 Å². The van der Waals surface area contributed by atoms with Crippen molar-refractivity contribution in [2.75, 3.05) is 19.8 Å². The van der Waals surface area contributed by atoms with Gasteiger partial charge in [0.05, 0.1) is 0 Å². The molecule has 0 aliphatic carbocycles. The van der Waals surface area contributed by atoms with E-state index in [1.807, 2.05) is 20.8 Å². The molecule has 0 saturated heterocycles. The van der Waals surface area contributed by atoms with E-state index >= 15 is 0 Å². The molecule has 1 unspecified atom stereocenters. The number of ether oxygens (including phenoxy) is 1.